The zero-order chi connectivity index (χ0) is 15.9. The van der Waals surface area contributed by atoms with E-state index in [2.05, 4.69) is 10.5 Å². The Hall–Kier alpha value is -2.04. The van der Waals surface area contributed by atoms with Gasteiger partial charge in [-0.3, -0.25) is 4.79 Å². The van der Waals surface area contributed by atoms with E-state index in [4.69, 9.17) is 23.2 Å². The summed E-state index contributed by atoms with van der Waals surface area (Å²) in [6.45, 7) is 0. The first kappa shape index (κ1) is 16.3. The van der Waals surface area contributed by atoms with Gasteiger partial charge < -0.3 is 5.11 Å². The molecule has 0 saturated heterocycles. The Kier molecular flexibility index (Phi) is 5.81. The number of aromatic hydroxyl groups is 1. The van der Waals surface area contributed by atoms with Crippen LogP contribution in [0, 0.1) is 0 Å². The van der Waals surface area contributed by atoms with Crippen molar-refractivity contribution in [1.82, 2.24) is 5.43 Å². The van der Waals surface area contributed by atoms with Crippen LogP contribution in [-0.4, -0.2) is 17.2 Å². The van der Waals surface area contributed by atoms with Crippen molar-refractivity contribution in [3.05, 3.63) is 63.6 Å². The third-order valence-electron chi connectivity index (χ3n) is 2.92. The molecule has 0 heterocycles. The average molecular weight is 337 g/mol. The van der Waals surface area contributed by atoms with E-state index < -0.39 is 0 Å². The van der Waals surface area contributed by atoms with E-state index in [1.165, 1.54) is 6.21 Å². The van der Waals surface area contributed by atoms with Gasteiger partial charge in [0.2, 0.25) is 5.91 Å². The highest BCUT2D eigenvalue weighted by atomic mass is 35.5. The lowest BCUT2D eigenvalue weighted by Crippen LogP contribution is -2.17. The Labute approximate surface area is 138 Å². The van der Waals surface area contributed by atoms with Crippen LogP contribution in [-0.2, 0) is 11.2 Å². The van der Waals surface area contributed by atoms with E-state index in [1.807, 2.05) is 0 Å². The lowest BCUT2D eigenvalue weighted by Gasteiger charge is -2.01. The zero-order valence-electron chi connectivity index (χ0n) is 11.6. The van der Waals surface area contributed by atoms with Crippen LogP contribution < -0.4 is 5.43 Å². The van der Waals surface area contributed by atoms with E-state index in [-0.39, 0.29) is 11.7 Å². The number of carbonyl (C=O) groups excluding carboxylic acids is 1. The van der Waals surface area contributed by atoms with Crippen molar-refractivity contribution in [2.24, 2.45) is 5.10 Å². The number of carbonyl (C=O) groups is 1. The largest absolute Gasteiger partial charge is 0.508 e. The topological polar surface area (TPSA) is 61.7 Å². The minimum absolute atomic E-state index is 0.190. The van der Waals surface area contributed by atoms with Gasteiger partial charge in [0.25, 0.3) is 0 Å². The summed E-state index contributed by atoms with van der Waals surface area (Å²) in [4.78, 5) is 11.7. The molecule has 0 fully saturated rings. The van der Waals surface area contributed by atoms with Crippen LogP contribution in [0.1, 0.15) is 17.5 Å². The van der Waals surface area contributed by atoms with Crippen LogP contribution in [0.15, 0.2) is 47.6 Å². The standard InChI is InChI=1S/C16H14Cl2N2O2/c17-14-7-3-12(9-15(14)18)10-19-20-16(22)8-4-11-1-5-13(21)6-2-11/h1-3,5-7,9-10,21H,4,8H2,(H,20,22)/b19-10+. The van der Waals surface area contributed by atoms with E-state index in [0.29, 0.717) is 22.9 Å². The fourth-order valence-corrected chi connectivity index (χ4v) is 2.05. The summed E-state index contributed by atoms with van der Waals surface area (Å²) in [5.41, 5.74) is 4.17. The van der Waals surface area contributed by atoms with Crippen LogP contribution in [0.5, 0.6) is 5.75 Å². The number of phenols is 1. The molecule has 0 unspecified atom stereocenters. The number of phenolic OH excluding ortho intramolecular Hbond substituents is 1. The number of aryl methyl sites for hydroxylation is 1. The van der Waals surface area contributed by atoms with Gasteiger partial charge in [0, 0.05) is 6.42 Å². The van der Waals surface area contributed by atoms with E-state index in [1.54, 1.807) is 42.5 Å². The third-order valence-corrected chi connectivity index (χ3v) is 3.66. The highest BCUT2D eigenvalue weighted by Gasteiger charge is 2.01. The van der Waals surface area contributed by atoms with Crippen LogP contribution in [0.2, 0.25) is 10.0 Å². The van der Waals surface area contributed by atoms with Gasteiger partial charge in [-0.05, 0) is 41.8 Å². The number of hydrogen-bond acceptors (Lipinski definition) is 3. The average Bonchev–Trinajstić information content (AvgIpc) is 2.50. The molecule has 0 aliphatic heterocycles. The van der Waals surface area contributed by atoms with Crippen molar-refractivity contribution in [3.63, 3.8) is 0 Å². The number of nitrogens with one attached hydrogen (secondary N) is 1. The summed E-state index contributed by atoms with van der Waals surface area (Å²) in [7, 11) is 0. The molecule has 6 heteroatoms. The molecular formula is C16H14Cl2N2O2. The summed E-state index contributed by atoms with van der Waals surface area (Å²) in [6.07, 6.45) is 2.39. The minimum Gasteiger partial charge on any atom is -0.508 e. The van der Waals surface area contributed by atoms with E-state index in [0.717, 1.165) is 11.1 Å². The predicted molar refractivity (Wildman–Crippen MR) is 88.6 cm³/mol. The van der Waals surface area contributed by atoms with E-state index in [9.17, 15) is 9.90 Å². The van der Waals surface area contributed by atoms with Gasteiger partial charge in [0.15, 0.2) is 0 Å². The maximum atomic E-state index is 11.7. The molecule has 114 valence electrons. The van der Waals surface area contributed by atoms with Crippen LogP contribution in [0.25, 0.3) is 0 Å². The Morgan fingerprint density at radius 2 is 1.86 bits per heavy atom. The van der Waals surface area contributed by atoms with Crippen LogP contribution in [0.3, 0.4) is 0 Å². The molecule has 4 nitrogen and oxygen atoms in total. The first-order valence-electron chi connectivity index (χ1n) is 6.59. The summed E-state index contributed by atoms with van der Waals surface area (Å²) >= 11 is 11.7. The van der Waals surface area contributed by atoms with Crippen molar-refractivity contribution >= 4 is 35.3 Å². The fourth-order valence-electron chi connectivity index (χ4n) is 1.75. The molecule has 0 aliphatic carbocycles. The number of nitrogens with zero attached hydrogens (tertiary/aromatic N) is 1. The van der Waals surface area contributed by atoms with Crippen LogP contribution in [0.4, 0.5) is 0 Å². The van der Waals surface area contributed by atoms with Gasteiger partial charge in [-0.1, -0.05) is 41.4 Å². The van der Waals surface area contributed by atoms with Gasteiger partial charge in [0.05, 0.1) is 16.3 Å². The van der Waals surface area contributed by atoms with Gasteiger partial charge in [-0.15, -0.1) is 0 Å². The summed E-state index contributed by atoms with van der Waals surface area (Å²) in [5, 5.41) is 14.0. The highest BCUT2D eigenvalue weighted by molar-refractivity contribution is 6.42. The lowest BCUT2D eigenvalue weighted by atomic mass is 10.1. The molecule has 2 aromatic carbocycles. The number of hydrazone groups is 1. The fraction of sp³-hybridized carbons (Fsp3) is 0.125. The molecule has 1 amide bonds. The Bertz CT molecular complexity index is 685. The summed E-state index contributed by atoms with van der Waals surface area (Å²) in [6, 6.07) is 11.8. The normalized spacial score (nSPS) is 10.8. The second-order valence-corrected chi connectivity index (χ2v) is 5.45. The maximum Gasteiger partial charge on any atom is 0.240 e. The molecule has 0 atom stereocenters. The number of amides is 1. The van der Waals surface area contributed by atoms with Crippen molar-refractivity contribution in [1.29, 1.82) is 0 Å². The quantitative estimate of drug-likeness (QED) is 0.644. The monoisotopic (exact) mass is 336 g/mol. The van der Waals surface area contributed by atoms with Crippen LogP contribution >= 0.6 is 23.2 Å². The third kappa shape index (κ3) is 5.06. The van der Waals surface area contributed by atoms with Crippen molar-refractivity contribution in [3.8, 4) is 5.75 Å². The van der Waals surface area contributed by atoms with E-state index >= 15 is 0 Å². The number of rotatable bonds is 5. The molecule has 2 N–H and O–H groups in total. The molecule has 0 radical (unpaired) electrons. The second kappa shape index (κ2) is 7.82. The molecule has 0 aliphatic rings. The SMILES string of the molecule is O=C(CCc1ccc(O)cc1)N/N=C/c1ccc(Cl)c(Cl)c1. The van der Waals surface area contributed by atoms with Crippen molar-refractivity contribution in [2.45, 2.75) is 12.8 Å². The molecule has 0 saturated carbocycles. The van der Waals surface area contributed by atoms with Gasteiger partial charge in [-0.25, -0.2) is 5.43 Å². The Morgan fingerprint density at radius 1 is 1.14 bits per heavy atom. The molecule has 2 aromatic rings. The molecule has 0 bridgehead atoms. The Morgan fingerprint density at radius 3 is 2.55 bits per heavy atom. The molecule has 22 heavy (non-hydrogen) atoms. The summed E-state index contributed by atoms with van der Waals surface area (Å²) < 4.78 is 0. The van der Waals surface area contributed by atoms with Gasteiger partial charge >= 0.3 is 0 Å². The zero-order valence-corrected chi connectivity index (χ0v) is 13.1. The highest BCUT2D eigenvalue weighted by Crippen LogP contribution is 2.21. The smallest absolute Gasteiger partial charge is 0.240 e. The molecule has 2 rings (SSSR count). The number of halogens is 2. The second-order valence-electron chi connectivity index (χ2n) is 4.63. The first-order chi connectivity index (χ1) is 10.5. The minimum atomic E-state index is -0.190. The lowest BCUT2D eigenvalue weighted by molar-refractivity contribution is -0.121. The molecular weight excluding hydrogens is 323 g/mol. The molecule has 0 spiro atoms. The first-order valence-corrected chi connectivity index (χ1v) is 7.35. The van der Waals surface area contributed by atoms with Crippen molar-refractivity contribution in [2.75, 3.05) is 0 Å². The Balaban J connectivity index is 1.80. The molecule has 0 aromatic heterocycles. The van der Waals surface area contributed by atoms with Crippen molar-refractivity contribution < 1.29 is 9.90 Å². The predicted octanol–water partition coefficient (Wildman–Crippen LogP) is 3.78. The number of hydrogen-bond donors (Lipinski definition) is 2. The maximum absolute atomic E-state index is 11.7. The van der Waals surface area contributed by atoms with Gasteiger partial charge in [0.1, 0.15) is 5.75 Å². The number of benzene rings is 2. The van der Waals surface area contributed by atoms with Gasteiger partial charge in [-0.2, -0.15) is 5.10 Å². The summed E-state index contributed by atoms with van der Waals surface area (Å²) in [5.74, 6) is 0.0174.